The first kappa shape index (κ1) is 71.7. The molecule has 8 aromatic heterocycles. The minimum absolute atomic E-state index is 0.609. The highest BCUT2D eigenvalue weighted by atomic mass is 15.1. The van der Waals surface area contributed by atoms with E-state index < -0.39 is 0 Å². The summed E-state index contributed by atoms with van der Waals surface area (Å²) in [6.07, 6.45) is 0. The summed E-state index contributed by atoms with van der Waals surface area (Å²) in [6, 6.07) is 155. The van der Waals surface area contributed by atoms with Gasteiger partial charge in [-0.3, -0.25) is 0 Å². The number of aromatic nitrogens is 12. The summed E-state index contributed by atoms with van der Waals surface area (Å²) < 4.78 is 14.1. The molecule has 0 unspecified atom stereocenters. The molecule has 0 amide bonds. The highest BCUT2D eigenvalue weighted by Crippen LogP contribution is 2.43. The third kappa shape index (κ3) is 11.8. The molecule has 26 rings (SSSR count). The van der Waals surface area contributed by atoms with Crippen molar-refractivity contribution in [2.24, 2.45) is 0 Å². The van der Waals surface area contributed by atoms with Gasteiger partial charge in [-0.2, -0.15) is 0 Å². The lowest BCUT2D eigenvalue weighted by Crippen LogP contribution is -2.02. The fourth-order valence-corrected chi connectivity index (χ4v) is 19.4. The molecule has 0 bridgehead atoms. The predicted octanol–water partition coefficient (Wildman–Crippen LogP) is 28.3. The lowest BCUT2D eigenvalue weighted by atomic mass is 10.1. The number of para-hydroxylation sites is 10. The van der Waals surface area contributed by atoms with Crippen LogP contribution in [0.3, 0.4) is 0 Å². The van der Waals surface area contributed by atoms with Crippen LogP contribution in [0.4, 0.5) is 0 Å². The van der Waals surface area contributed by atoms with Crippen LogP contribution in [-0.4, -0.2) is 57.3 Å². The molecule has 588 valence electrons. The van der Waals surface area contributed by atoms with Gasteiger partial charge < -0.3 is 27.4 Å². The summed E-state index contributed by atoms with van der Waals surface area (Å²) in [4.78, 5) is 30.9. The Labute approximate surface area is 722 Å². The van der Waals surface area contributed by atoms with Gasteiger partial charge in [-0.05, 0) is 158 Å². The second kappa shape index (κ2) is 29.3. The molecular formula is C114H72N12. The SMILES string of the molecule is c1ccc(-c2nc(-c3ccc(-n4c5ccccc5c5ccccc54)cc3)nc(-c3cccc(-n4c5ccccc5c5cc(-n6c7ccccc7c7ccccc76)ccc54)c3)n2)cc1.c1ccc(-c2nc(-c3cccc(-n4c5ccccc5c5ccccc54)c3)nc(-c3cccc(-n4c5ccccc5c5cc(-n6c7ccccc7c7ccccc76)ccc54)c3)n2)cc1. The molecule has 0 spiro atoms. The second-order valence-corrected chi connectivity index (χ2v) is 32.1. The van der Waals surface area contributed by atoms with Crippen molar-refractivity contribution in [3.05, 3.63) is 437 Å². The van der Waals surface area contributed by atoms with Crippen molar-refractivity contribution in [3.8, 4) is 102 Å². The number of benzene rings is 18. The Balaban J connectivity index is 0.000000137. The molecule has 0 radical (unpaired) electrons. The quantitative estimate of drug-likeness (QED) is 0.121. The maximum Gasteiger partial charge on any atom is 0.164 e. The molecule has 12 heteroatoms. The lowest BCUT2D eigenvalue weighted by molar-refractivity contribution is 1.07. The van der Waals surface area contributed by atoms with E-state index in [1.165, 1.54) is 97.7 Å². The van der Waals surface area contributed by atoms with Crippen molar-refractivity contribution >= 4 is 131 Å². The Morgan fingerprint density at radius 2 is 0.286 bits per heavy atom. The number of rotatable bonds is 12. The monoisotopic (exact) mass is 1610 g/mol. The van der Waals surface area contributed by atoms with E-state index >= 15 is 0 Å². The summed E-state index contributed by atoms with van der Waals surface area (Å²) in [7, 11) is 0. The van der Waals surface area contributed by atoms with Crippen LogP contribution in [-0.2, 0) is 0 Å². The molecule has 18 aromatic carbocycles. The summed E-state index contributed by atoms with van der Waals surface area (Å²) in [5.41, 5.74) is 25.9. The molecule has 26 aromatic rings. The number of hydrogen-bond acceptors (Lipinski definition) is 6. The van der Waals surface area contributed by atoms with E-state index in [0.717, 1.165) is 101 Å². The Kier molecular flexibility index (Phi) is 16.7. The van der Waals surface area contributed by atoms with Gasteiger partial charge in [-0.1, -0.05) is 279 Å². The zero-order valence-electron chi connectivity index (χ0n) is 67.9. The molecule has 0 saturated heterocycles. The first-order valence-electron chi connectivity index (χ1n) is 42.6. The standard InChI is InChI=1S/2C57H36N6/c1-2-16-37(17-3-1)55-58-56(38-18-14-20-40(34-38)61-49-27-9-4-22-43(49)44-23-5-10-28-50(44)61)60-57(59-55)39-19-15-21-41(35-39)62-53-31-13-8-26-47(53)48-36-42(32-33-54(48)62)63-51-29-11-6-24-45(51)46-25-7-12-30-52(46)63;1-2-15-37(16-3-1)55-58-56(38-29-31-40(32-30-38)61-49-24-9-4-19-43(49)44-20-5-10-25-50(44)61)60-57(59-55)39-17-14-18-41(35-39)62-53-28-13-8-23-47(53)48-36-42(33-34-54(48)62)63-51-26-11-6-21-45(51)46-22-7-12-27-52(46)63/h2*1-36H. The molecule has 0 aliphatic heterocycles. The van der Waals surface area contributed by atoms with Crippen LogP contribution >= 0.6 is 0 Å². The minimum Gasteiger partial charge on any atom is -0.309 e. The molecule has 8 heterocycles. The average molecular weight is 1610 g/mol. The van der Waals surface area contributed by atoms with Crippen molar-refractivity contribution in [1.29, 1.82) is 0 Å². The van der Waals surface area contributed by atoms with Gasteiger partial charge in [0, 0.05) is 132 Å². The first-order chi connectivity index (χ1) is 62.5. The molecule has 12 nitrogen and oxygen atoms in total. The zero-order chi connectivity index (χ0) is 82.9. The Morgan fingerprint density at radius 3 is 0.540 bits per heavy atom. The van der Waals surface area contributed by atoms with E-state index in [9.17, 15) is 0 Å². The summed E-state index contributed by atoms with van der Waals surface area (Å²) in [5, 5.41) is 14.7. The van der Waals surface area contributed by atoms with Crippen molar-refractivity contribution in [1.82, 2.24) is 57.3 Å². The summed E-state index contributed by atoms with van der Waals surface area (Å²) >= 11 is 0. The van der Waals surface area contributed by atoms with Crippen LogP contribution in [0.15, 0.2) is 437 Å². The average Bonchev–Trinajstić information content (AvgIpc) is 1.57. The Morgan fingerprint density at radius 1 is 0.111 bits per heavy atom. The smallest absolute Gasteiger partial charge is 0.164 e. The number of hydrogen-bond donors (Lipinski definition) is 0. The third-order valence-electron chi connectivity index (χ3n) is 25.0. The van der Waals surface area contributed by atoms with Gasteiger partial charge >= 0.3 is 0 Å². The van der Waals surface area contributed by atoms with Crippen LogP contribution in [0.2, 0.25) is 0 Å². The van der Waals surface area contributed by atoms with Gasteiger partial charge in [0.15, 0.2) is 34.9 Å². The van der Waals surface area contributed by atoms with Gasteiger partial charge in [0.05, 0.1) is 66.2 Å². The van der Waals surface area contributed by atoms with Gasteiger partial charge in [0.25, 0.3) is 0 Å². The Hall–Kier alpha value is -17.2. The summed E-state index contributed by atoms with van der Waals surface area (Å²) in [5.74, 6) is 3.70. The van der Waals surface area contributed by atoms with Gasteiger partial charge in [0.2, 0.25) is 0 Å². The van der Waals surface area contributed by atoms with E-state index in [2.05, 4.69) is 428 Å². The minimum atomic E-state index is 0.609. The molecule has 0 aliphatic rings. The highest BCUT2D eigenvalue weighted by Gasteiger charge is 2.24. The fraction of sp³-hybridized carbons (Fsp3) is 0. The third-order valence-corrected chi connectivity index (χ3v) is 25.0. The van der Waals surface area contributed by atoms with E-state index in [1.54, 1.807) is 0 Å². The van der Waals surface area contributed by atoms with E-state index in [-0.39, 0.29) is 0 Å². The lowest BCUT2D eigenvalue weighted by Gasteiger charge is -2.13. The maximum atomic E-state index is 5.24. The molecule has 0 aliphatic carbocycles. The second-order valence-electron chi connectivity index (χ2n) is 32.1. The molecular weight excluding hydrogens is 1540 g/mol. The maximum absolute atomic E-state index is 5.24. The molecule has 0 atom stereocenters. The number of fused-ring (bicyclic) bond motifs is 18. The van der Waals surface area contributed by atoms with E-state index in [4.69, 9.17) is 29.9 Å². The van der Waals surface area contributed by atoms with Crippen molar-refractivity contribution in [2.45, 2.75) is 0 Å². The topological polar surface area (TPSA) is 107 Å². The van der Waals surface area contributed by atoms with Crippen LogP contribution < -0.4 is 0 Å². The first-order valence-corrected chi connectivity index (χ1v) is 42.6. The summed E-state index contributed by atoms with van der Waals surface area (Å²) in [6.45, 7) is 0. The van der Waals surface area contributed by atoms with Crippen molar-refractivity contribution in [2.75, 3.05) is 0 Å². The molecule has 0 fully saturated rings. The molecule has 126 heavy (non-hydrogen) atoms. The van der Waals surface area contributed by atoms with Gasteiger partial charge in [-0.15, -0.1) is 0 Å². The highest BCUT2D eigenvalue weighted by molar-refractivity contribution is 6.16. The van der Waals surface area contributed by atoms with Crippen LogP contribution in [0.25, 0.3) is 233 Å². The van der Waals surface area contributed by atoms with Crippen molar-refractivity contribution in [3.63, 3.8) is 0 Å². The predicted molar refractivity (Wildman–Crippen MR) is 518 cm³/mol. The molecule has 0 saturated carbocycles. The van der Waals surface area contributed by atoms with Crippen LogP contribution in [0, 0.1) is 0 Å². The van der Waals surface area contributed by atoms with Crippen molar-refractivity contribution < 1.29 is 0 Å². The Bertz CT molecular complexity index is 8660. The van der Waals surface area contributed by atoms with E-state index in [1.807, 2.05) is 36.4 Å². The van der Waals surface area contributed by atoms with Crippen LogP contribution in [0.5, 0.6) is 0 Å². The van der Waals surface area contributed by atoms with Gasteiger partial charge in [0.1, 0.15) is 0 Å². The van der Waals surface area contributed by atoms with Gasteiger partial charge in [-0.25, -0.2) is 29.9 Å². The number of nitrogens with zero attached hydrogens (tertiary/aromatic N) is 12. The normalized spacial score (nSPS) is 11.8. The fourth-order valence-electron chi connectivity index (χ4n) is 19.4. The molecule has 0 N–H and O–H groups in total. The van der Waals surface area contributed by atoms with E-state index in [0.29, 0.717) is 34.9 Å². The largest absolute Gasteiger partial charge is 0.309 e. The van der Waals surface area contributed by atoms with Crippen LogP contribution in [0.1, 0.15) is 0 Å². The zero-order valence-corrected chi connectivity index (χ0v) is 67.9.